The molecule has 10 nitrogen and oxygen atoms in total. The van der Waals surface area contributed by atoms with E-state index in [1.807, 2.05) is 13.8 Å². The van der Waals surface area contributed by atoms with Gasteiger partial charge in [0, 0.05) is 12.3 Å². The minimum absolute atomic E-state index is 0.0431. The van der Waals surface area contributed by atoms with E-state index in [4.69, 9.17) is 5.73 Å². The van der Waals surface area contributed by atoms with Crippen molar-refractivity contribution in [2.24, 2.45) is 11.7 Å². The second-order valence-corrected chi connectivity index (χ2v) is 7.29. The zero-order valence-corrected chi connectivity index (χ0v) is 17.0. The fourth-order valence-corrected chi connectivity index (χ4v) is 3.18. The van der Waals surface area contributed by atoms with Gasteiger partial charge in [-0.3, -0.25) is 14.4 Å². The van der Waals surface area contributed by atoms with Gasteiger partial charge >= 0.3 is 5.97 Å². The molecule has 1 rings (SSSR count). The Balaban J connectivity index is 2.76. The Bertz CT molecular complexity index is 590. The number of carboxylic acids is 1. The molecule has 160 valence electrons. The average molecular weight is 419 g/mol. The van der Waals surface area contributed by atoms with Crippen LogP contribution in [0.5, 0.6) is 0 Å². The van der Waals surface area contributed by atoms with E-state index in [0.717, 1.165) is 4.90 Å². The smallest absolute Gasteiger partial charge is 0.326 e. The lowest BCUT2D eigenvalue weighted by Crippen LogP contribution is -2.59. The van der Waals surface area contributed by atoms with Crippen molar-refractivity contribution in [3.8, 4) is 0 Å². The first-order valence-electron chi connectivity index (χ1n) is 9.29. The summed E-state index contributed by atoms with van der Waals surface area (Å²) in [4.78, 5) is 49.6. The number of nitrogens with one attached hydrogen (secondary N) is 2. The van der Waals surface area contributed by atoms with E-state index in [1.54, 1.807) is 0 Å². The van der Waals surface area contributed by atoms with Crippen molar-refractivity contribution >= 4 is 36.3 Å². The second kappa shape index (κ2) is 11.2. The van der Waals surface area contributed by atoms with Crippen LogP contribution in [0.25, 0.3) is 0 Å². The summed E-state index contributed by atoms with van der Waals surface area (Å²) in [6.45, 7) is 3.24. The van der Waals surface area contributed by atoms with E-state index >= 15 is 0 Å². The van der Waals surface area contributed by atoms with Crippen LogP contribution >= 0.6 is 12.6 Å². The van der Waals surface area contributed by atoms with Crippen LogP contribution in [-0.4, -0.2) is 81.9 Å². The molecule has 0 aliphatic carbocycles. The third-order valence-corrected chi connectivity index (χ3v) is 5.36. The molecule has 0 aromatic carbocycles. The molecule has 0 saturated carbocycles. The van der Waals surface area contributed by atoms with Crippen molar-refractivity contribution in [3.63, 3.8) is 0 Å². The van der Waals surface area contributed by atoms with Crippen LogP contribution in [-0.2, 0) is 19.2 Å². The SMILES string of the molecule is CCC(C)C(N)C(=O)NC(CS)C(=O)NC(CO)C(=O)N1CCCC1C(=O)O. The van der Waals surface area contributed by atoms with Gasteiger partial charge < -0.3 is 31.5 Å². The summed E-state index contributed by atoms with van der Waals surface area (Å²) in [5, 5.41) is 23.6. The Kier molecular flexibility index (Phi) is 9.70. The number of aliphatic hydroxyl groups excluding tert-OH is 1. The molecule has 0 bridgehead atoms. The second-order valence-electron chi connectivity index (χ2n) is 6.93. The Labute approximate surface area is 169 Å². The number of thiol groups is 1. The lowest BCUT2D eigenvalue weighted by Gasteiger charge is -2.28. The van der Waals surface area contributed by atoms with Gasteiger partial charge in [0.2, 0.25) is 17.7 Å². The van der Waals surface area contributed by atoms with Gasteiger partial charge in [-0.25, -0.2) is 4.79 Å². The van der Waals surface area contributed by atoms with Gasteiger partial charge in [-0.2, -0.15) is 12.6 Å². The lowest BCUT2D eigenvalue weighted by molar-refractivity contribution is -0.150. The highest BCUT2D eigenvalue weighted by molar-refractivity contribution is 7.80. The number of nitrogens with zero attached hydrogens (tertiary/aromatic N) is 1. The predicted octanol–water partition coefficient (Wildman–Crippen LogP) is -1.67. The largest absolute Gasteiger partial charge is 0.480 e. The quantitative estimate of drug-likeness (QED) is 0.231. The molecule has 3 amide bonds. The van der Waals surface area contributed by atoms with Crippen molar-refractivity contribution in [2.45, 2.75) is 57.3 Å². The lowest BCUT2D eigenvalue weighted by atomic mass is 9.99. The van der Waals surface area contributed by atoms with Gasteiger partial charge in [-0.05, 0) is 18.8 Å². The first kappa shape index (κ1) is 24.2. The summed E-state index contributed by atoms with van der Waals surface area (Å²) < 4.78 is 0. The molecule has 1 aliphatic rings. The standard InChI is InChI=1S/C17H30N4O6S/c1-3-9(2)13(18)15(24)20-11(8-28)14(23)19-10(7-22)16(25)21-6-4-5-12(21)17(26)27/h9-13,22,28H,3-8,18H2,1-2H3,(H,19,23)(H,20,24)(H,26,27). The number of aliphatic carboxylic acids is 1. The minimum Gasteiger partial charge on any atom is -0.480 e. The van der Waals surface area contributed by atoms with Crippen LogP contribution in [0, 0.1) is 5.92 Å². The van der Waals surface area contributed by atoms with Gasteiger partial charge in [-0.1, -0.05) is 20.3 Å². The maximum atomic E-state index is 12.6. The molecule has 1 heterocycles. The van der Waals surface area contributed by atoms with E-state index < -0.39 is 54.5 Å². The Morgan fingerprint density at radius 1 is 1.21 bits per heavy atom. The van der Waals surface area contributed by atoms with Crippen molar-refractivity contribution in [2.75, 3.05) is 18.9 Å². The molecule has 1 saturated heterocycles. The molecular formula is C17H30N4O6S. The fourth-order valence-electron chi connectivity index (χ4n) is 2.92. The third-order valence-electron chi connectivity index (χ3n) is 4.99. The number of likely N-dealkylation sites (tertiary alicyclic amines) is 1. The van der Waals surface area contributed by atoms with Gasteiger partial charge in [-0.15, -0.1) is 0 Å². The number of carbonyl (C=O) groups is 4. The number of hydrogen-bond acceptors (Lipinski definition) is 7. The molecule has 0 radical (unpaired) electrons. The van der Waals surface area contributed by atoms with E-state index in [-0.39, 0.29) is 18.2 Å². The number of amides is 3. The molecule has 5 unspecified atom stereocenters. The van der Waals surface area contributed by atoms with E-state index in [0.29, 0.717) is 19.3 Å². The third kappa shape index (κ3) is 6.08. The van der Waals surface area contributed by atoms with Crippen molar-refractivity contribution in [3.05, 3.63) is 0 Å². The van der Waals surface area contributed by atoms with Gasteiger partial charge in [0.15, 0.2) is 0 Å². The molecule has 6 N–H and O–H groups in total. The Morgan fingerprint density at radius 2 is 1.82 bits per heavy atom. The molecular weight excluding hydrogens is 388 g/mol. The monoisotopic (exact) mass is 418 g/mol. The highest BCUT2D eigenvalue weighted by atomic mass is 32.1. The summed E-state index contributed by atoms with van der Waals surface area (Å²) in [7, 11) is 0. The van der Waals surface area contributed by atoms with Crippen molar-refractivity contribution in [1.82, 2.24) is 15.5 Å². The number of rotatable bonds is 10. The fraction of sp³-hybridized carbons (Fsp3) is 0.765. The zero-order valence-electron chi connectivity index (χ0n) is 16.1. The average Bonchev–Trinajstić information content (AvgIpc) is 3.18. The van der Waals surface area contributed by atoms with E-state index in [9.17, 15) is 29.4 Å². The molecule has 11 heteroatoms. The highest BCUT2D eigenvalue weighted by Crippen LogP contribution is 2.18. The molecule has 1 aliphatic heterocycles. The summed E-state index contributed by atoms with van der Waals surface area (Å²) in [5.74, 6) is -3.16. The first-order valence-corrected chi connectivity index (χ1v) is 9.92. The topological polar surface area (TPSA) is 162 Å². The number of aliphatic hydroxyl groups is 1. The Hall–Kier alpha value is -1.85. The molecule has 0 spiro atoms. The van der Waals surface area contributed by atoms with E-state index in [1.165, 1.54) is 0 Å². The van der Waals surface area contributed by atoms with Crippen LogP contribution in [0.4, 0.5) is 0 Å². The number of carbonyl (C=O) groups excluding carboxylic acids is 3. The van der Waals surface area contributed by atoms with Crippen LogP contribution in [0.2, 0.25) is 0 Å². The van der Waals surface area contributed by atoms with Crippen LogP contribution < -0.4 is 16.4 Å². The maximum Gasteiger partial charge on any atom is 0.326 e. The number of nitrogens with two attached hydrogens (primary N) is 1. The molecule has 28 heavy (non-hydrogen) atoms. The molecule has 0 aromatic heterocycles. The van der Waals surface area contributed by atoms with Gasteiger partial charge in [0.25, 0.3) is 0 Å². The van der Waals surface area contributed by atoms with Crippen molar-refractivity contribution < 1.29 is 29.4 Å². The Morgan fingerprint density at radius 3 is 2.32 bits per heavy atom. The predicted molar refractivity (Wildman–Crippen MR) is 105 cm³/mol. The molecule has 1 fully saturated rings. The first-order chi connectivity index (χ1) is 13.2. The zero-order chi connectivity index (χ0) is 21.4. The summed E-state index contributed by atoms with van der Waals surface area (Å²) >= 11 is 4.05. The number of carboxylic acid groups (broad SMARTS) is 1. The molecule has 0 aromatic rings. The van der Waals surface area contributed by atoms with Crippen LogP contribution in [0.15, 0.2) is 0 Å². The highest BCUT2D eigenvalue weighted by Gasteiger charge is 2.38. The van der Waals surface area contributed by atoms with Crippen molar-refractivity contribution in [1.29, 1.82) is 0 Å². The van der Waals surface area contributed by atoms with Gasteiger partial charge in [0.05, 0.1) is 12.6 Å². The molecule has 5 atom stereocenters. The summed E-state index contributed by atoms with van der Waals surface area (Å²) in [6.07, 6.45) is 1.53. The van der Waals surface area contributed by atoms with E-state index in [2.05, 4.69) is 23.3 Å². The van der Waals surface area contributed by atoms with Crippen LogP contribution in [0.3, 0.4) is 0 Å². The summed E-state index contributed by atoms with van der Waals surface area (Å²) in [6, 6.07) is -4.14. The maximum absolute atomic E-state index is 12.6. The normalized spacial score (nSPS) is 20.8. The van der Waals surface area contributed by atoms with Gasteiger partial charge in [0.1, 0.15) is 18.1 Å². The summed E-state index contributed by atoms with van der Waals surface area (Å²) in [5.41, 5.74) is 5.85. The van der Waals surface area contributed by atoms with Crippen LogP contribution in [0.1, 0.15) is 33.1 Å². The number of hydrogen-bond donors (Lipinski definition) is 6. The minimum atomic E-state index is -1.31.